The second-order valence-electron chi connectivity index (χ2n) is 3.83. The molecule has 1 rings (SSSR count). The first-order chi connectivity index (χ1) is 8.92. The van der Waals surface area contributed by atoms with E-state index in [0.717, 1.165) is 0 Å². The second kappa shape index (κ2) is 8.65. The highest BCUT2D eigenvalue weighted by Gasteiger charge is 2.28. The summed E-state index contributed by atoms with van der Waals surface area (Å²) < 4.78 is 40.9. The summed E-state index contributed by atoms with van der Waals surface area (Å²) in [6.07, 6.45) is -4.22. The Balaban J connectivity index is 0.00000361. The van der Waals surface area contributed by atoms with Crippen molar-refractivity contribution in [2.45, 2.75) is 19.1 Å². The van der Waals surface area contributed by atoms with Gasteiger partial charge in [-0.15, -0.1) is 12.4 Å². The van der Waals surface area contributed by atoms with Crippen molar-refractivity contribution >= 4 is 18.3 Å². The lowest BCUT2D eigenvalue weighted by Crippen LogP contribution is -2.25. The third-order valence-corrected chi connectivity index (χ3v) is 2.21. The number of amides is 1. The maximum atomic E-state index is 12.1. The summed E-state index contributed by atoms with van der Waals surface area (Å²) >= 11 is 0. The molecule has 8 heteroatoms. The Hall–Kier alpha value is -1.47. The van der Waals surface area contributed by atoms with Crippen molar-refractivity contribution in [2.24, 2.45) is 5.73 Å². The number of carbonyl (C=O) groups is 1. The minimum absolute atomic E-state index is 0. The van der Waals surface area contributed by atoms with Gasteiger partial charge in [-0.05, 0) is 6.07 Å². The average molecular weight is 313 g/mol. The summed E-state index contributed by atoms with van der Waals surface area (Å²) in [6.45, 7) is -1.04. The molecule has 0 saturated heterocycles. The van der Waals surface area contributed by atoms with E-state index in [1.54, 1.807) is 18.2 Å². The van der Waals surface area contributed by atoms with Crippen molar-refractivity contribution in [1.82, 2.24) is 5.32 Å². The van der Waals surface area contributed by atoms with Gasteiger partial charge in [0.25, 0.3) is 0 Å². The normalized spacial score (nSPS) is 10.6. The number of para-hydroxylation sites is 1. The number of alkyl halides is 3. The van der Waals surface area contributed by atoms with Crippen LogP contribution in [0.4, 0.5) is 13.2 Å². The molecule has 0 saturated carbocycles. The largest absolute Gasteiger partial charge is 0.484 e. The molecule has 0 aliphatic heterocycles. The van der Waals surface area contributed by atoms with Gasteiger partial charge in [0.05, 0.1) is 0 Å². The molecule has 0 atom stereocenters. The van der Waals surface area contributed by atoms with Crippen LogP contribution >= 0.6 is 12.4 Å². The fourth-order valence-corrected chi connectivity index (χ4v) is 1.36. The summed E-state index contributed by atoms with van der Waals surface area (Å²) in [5.41, 5.74) is 5.70. The van der Waals surface area contributed by atoms with Crippen LogP contribution in [0.3, 0.4) is 0 Å². The molecule has 114 valence electrons. The number of hydrogen-bond donors (Lipinski definition) is 2. The van der Waals surface area contributed by atoms with Gasteiger partial charge in [-0.2, -0.15) is 13.2 Å². The fourth-order valence-electron chi connectivity index (χ4n) is 1.36. The first-order valence-corrected chi connectivity index (χ1v) is 5.66. The van der Waals surface area contributed by atoms with Crippen LogP contribution in [-0.2, 0) is 11.3 Å². The van der Waals surface area contributed by atoms with Gasteiger partial charge in [-0.25, -0.2) is 0 Å². The molecule has 0 spiro atoms. The number of carbonyl (C=O) groups excluding carboxylic acids is 1. The molecule has 0 bridgehead atoms. The maximum Gasteiger partial charge on any atom is 0.422 e. The van der Waals surface area contributed by atoms with Crippen molar-refractivity contribution in [1.29, 1.82) is 0 Å². The number of hydrogen-bond acceptors (Lipinski definition) is 3. The molecule has 0 fully saturated rings. The second-order valence-corrected chi connectivity index (χ2v) is 3.83. The number of nitrogens with two attached hydrogens (primary N) is 1. The first-order valence-electron chi connectivity index (χ1n) is 5.66. The van der Waals surface area contributed by atoms with E-state index in [4.69, 9.17) is 10.5 Å². The van der Waals surface area contributed by atoms with Gasteiger partial charge < -0.3 is 15.8 Å². The number of halogens is 4. The minimum atomic E-state index is -4.39. The van der Waals surface area contributed by atoms with Gasteiger partial charge in [0.2, 0.25) is 5.91 Å². The molecule has 1 aromatic rings. The molecule has 1 aromatic carbocycles. The van der Waals surface area contributed by atoms with Gasteiger partial charge in [0, 0.05) is 25.1 Å². The standard InChI is InChI=1S/C12H15F3N2O2.ClH/c13-12(14,15)8-19-10-4-2-1-3-9(10)7-17-11(18)5-6-16;/h1-4H,5-8,16H2,(H,17,18);1H. The smallest absolute Gasteiger partial charge is 0.422 e. The molecule has 0 aromatic heterocycles. The monoisotopic (exact) mass is 312 g/mol. The topological polar surface area (TPSA) is 64.4 Å². The lowest BCUT2D eigenvalue weighted by molar-refractivity contribution is -0.153. The van der Waals surface area contributed by atoms with Crippen LogP contribution < -0.4 is 15.8 Å². The number of nitrogens with one attached hydrogen (secondary N) is 1. The van der Waals surface area contributed by atoms with Crippen LogP contribution in [0.25, 0.3) is 0 Å². The quantitative estimate of drug-likeness (QED) is 0.844. The molecule has 0 heterocycles. The van der Waals surface area contributed by atoms with Crippen LogP contribution in [0.2, 0.25) is 0 Å². The first kappa shape index (κ1) is 18.5. The summed E-state index contributed by atoms with van der Waals surface area (Å²) in [4.78, 5) is 11.2. The third-order valence-electron chi connectivity index (χ3n) is 2.21. The SMILES string of the molecule is Cl.NCCC(=O)NCc1ccccc1OCC(F)(F)F. The predicted molar refractivity (Wildman–Crippen MR) is 70.8 cm³/mol. The third kappa shape index (κ3) is 7.20. The Labute approximate surface area is 120 Å². The molecule has 1 amide bonds. The highest BCUT2D eigenvalue weighted by Crippen LogP contribution is 2.21. The van der Waals surface area contributed by atoms with E-state index in [1.165, 1.54) is 6.07 Å². The van der Waals surface area contributed by atoms with Crippen molar-refractivity contribution in [2.75, 3.05) is 13.2 Å². The van der Waals surface area contributed by atoms with Crippen LogP contribution in [0.1, 0.15) is 12.0 Å². The lowest BCUT2D eigenvalue weighted by Gasteiger charge is -2.13. The summed E-state index contributed by atoms with van der Waals surface area (Å²) in [5, 5.41) is 2.56. The zero-order valence-electron chi connectivity index (χ0n) is 10.6. The molecular weight excluding hydrogens is 297 g/mol. The van der Waals surface area contributed by atoms with Crippen LogP contribution in [-0.4, -0.2) is 25.2 Å². The molecule has 4 nitrogen and oxygen atoms in total. The maximum absolute atomic E-state index is 12.1. The molecule has 0 aliphatic rings. The van der Waals surface area contributed by atoms with E-state index in [-0.39, 0.29) is 43.6 Å². The van der Waals surface area contributed by atoms with E-state index >= 15 is 0 Å². The molecular formula is C12H16ClF3N2O2. The van der Waals surface area contributed by atoms with Crippen LogP contribution in [0.15, 0.2) is 24.3 Å². The van der Waals surface area contributed by atoms with E-state index in [0.29, 0.717) is 5.56 Å². The van der Waals surface area contributed by atoms with Crippen molar-refractivity contribution < 1.29 is 22.7 Å². The number of ether oxygens (including phenoxy) is 1. The summed E-state index contributed by atoms with van der Waals surface area (Å²) in [6, 6.07) is 6.24. The van der Waals surface area contributed by atoms with Crippen LogP contribution in [0, 0.1) is 0 Å². The van der Waals surface area contributed by atoms with E-state index < -0.39 is 12.8 Å². The fraction of sp³-hybridized carbons (Fsp3) is 0.417. The van der Waals surface area contributed by atoms with Gasteiger partial charge in [-0.3, -0.25) is 4.79 Å². The van der Waals surface area contributed by atoms with Gasteiger partial charge in [-0.1, -0.05) is 18.2 Å². The lowest BCUT2D eigenvalue weighted by atomic mass is 10.2. The average Bonchev–Trinajstić information content (AvgIpc) is 2.34. The zero-order valence-corrected chi connectivity index (χ0v) is 11.4. The van der Waals surface area contributed by atoms with Gasteiger partial charge in [0.15, 0.2) is 6.61 Å². The number of benzene rings is 1. The van der Waals surface area contributed by atoms with Gasteiger partial charge >= 0.3 is 6.18 Å². The Morgan fingerprint density at radius 3 is 2.55 bits per heavy atom. The number of rotatable bonds is 6. The highest BCUT2D eigenvalue weighted by molar-refractivity contribution is 5.85. The Morgan fingerprint density at radius 2 is 1.95 bits per heavy atom. The van der Waals surface area contributed by atoms with E-state index in [9.17, 15) is 18.0 Å². The summed E-state index contributed by atoms with van der Waals surface area (Å²) in [7, 11) is 0. The van der Waals surface area contributed by atoms with Crippen molar-refractivity contribution in [3.8, 4) is 5.75 Å². The van der Waals surface area contributed by atoms with Crippen LogP contribution in [0.5, 0.6) is 5.75 Å². The molecule has 20 heavy (non-hydrogen) atoms. The molecule has 0 aliphatic carbocycles. The minimum Gasteiger partial charge on any atom is -0.484 e. The van der Waals surface area contributed by atoms with E-state index in [1.807, 2.05) is 0 Å². The molecule has 0 unspecified atom stereocenters. The molecule has 0 radical (unpaired) electrons. The predicted octanol–water partition coefficient (Wildman–Crippen LogP) is 2.01. The Bertz CT molecular complexity index is 427. The Kier molecular flexibility index (Phi) is 8.02. The highest BCUT2D eigenvalue weighted by atomic mass is 35.5. The van der Waals surface area contributed by atoms with Gasteiger partial charge in [0.1, 0.15) is 5.75 Å². The Morgan fingerprint density at radius 1 is 1.30 bits per heavy atom. The van der Waals surface area contributed by atoms with Crippen molar-refractivity contribution in [3.05, 3.63) is 29.8 Å². The summed E-state index contributed by atoms with van der Waals surface area (Å²) in [5.74, 6) is -0.152. The zero-order chi connectivity index (χ0) is 14.3. The molecule has 3 N–H and O–H groups in total. The van der Waals surface area contributed by atoms with E-state index in [2.05, 4.69) is 5.32 Å². The van der Waals surface area contributed by atoms with Crippen molar-refractivity contribution in [3.63, 3.8) is 0 Å².